The van der Waals surface area contributed by atoms with Gasteiger partial charge in [0, 0.05) is 5.69 Å². The van der Waals surface area contributed by atoms with E-state index in [1.807, 2.05) is 32.0 Å². The van der Waals surface area contributed by atoms with Crippen LogP contribution in [0.5, 0.6) is 0 Å². The lowest BCUT2D eigenvalue weighted by atomic mass is 10.1. The van der Waals surface area contributed by atoms with Crippen LogP contribution < -0.4 is 10.6 Å². The number of carbonyl (C=O) groups is 1. The normalized spacial score (nSPS) is 10.5. The van der Waals surface area contributed by atoms with Gasteiger partial charge in [-0.15, -0.1) is 0 Å². The Bertz CT molecular complexity index is 938. The van der Waals surface area contributed by atoms with Gasteiger partial charge < -0.3 is 10.6 Å². The molecule has 1 heterocycles. The minimum atomic E-state index is -0.862. The van der Waals surface area contributed by atoms with Crippen LogP contribution in [-0.2, 0) is 0 Å². The summed E-state index contributed by atoms with van der Waals surface area (Å²) < 4.78 is 27.2. The smallest absolute Gasteiger partial charge is 0.276 e. The highest BCUT2D eigenvalue weighted by atomic mass is 19.1. The van der Waals surface area contributed by atoms with E-state index in [4.69, 9.17) is 0 Å². The molecule has 132 valence electrons. The summed E-state index contributed by atoms with van der Waals surface area (Å²) in [6.07, 6.45) is 2.61. The van der Waals surface area contributed by atoms with Gasteiger partial charge in [-0.25, -0.2) is 18.7 Å². The molecular formula is C19H16F2N4O. The van der Waals surface area contributed by atoms with Crippen LogP contribution in [0.3, 0.4) is 0 Å². The molecule has 0 saturated heterocycles. The zero-order valence-corrected chi connectivity index (χ0v) is 14.2. The zero-order valence-electron chi connectivity index (χ0n) is 14.2. The molecule has 2 N–H and O–H groups in total. The van der Waals surface area contributed by atoms with Crippen LogP contribution in [0.25, 0.3) is 0 Å². The van der Waals surface area contributed by atoms with E-state index in [-0.39, 0.29) is 5.69 Å². The first kappa shape index (κ1) is 17.5. The molecule has 3 rings (SSSR count). The number of amides is 1. The largest absolute Gasteiger partial charge is 0.339 e. The molecule has 26 heavy (non-hydrogen) atoms. The van der Waals surface area contributed by atoms with Crippen molar-refractivity contribution in [1.82, 2.24) is 9.97 Å². The van der Waals surface area contributed by atoms with Gasteiger partial charge in [0.2, 0.25) is 0 Å². The number of nitrogens with one attached hydrogen (secondary N) is 2. The van der Waals surface area contributed by atoms with Crippen LogP contribution >= 0.6 is 0 Å². The topological polar surface area (TPSA) is 66.9 Å². The molecule has 1 amide bonds. The van der Waals surface area contributed by atoms with Crippen molar-refractivity contribution in [2.45, 2.75) is 13.8 Å². The molecule has 0 aliphatic heterocycles. The number of carbonyl (C=O) groups excluding carboxylic acids is 1. The maximum Gasteiger partial charge on any atom is 0.276 e. The van der Waals surface area contributed by atoms with Gasteiger partial charge in [-0.3, -0.25) is 4.79 Å². The minimum Gasteiger partial charge on any atom is -0.339 e. The third-order valence-electron chi connectivity index (χ3n) is 3.87. The maximum absolute atomic E-state index is 13.6. The lowest BCUT2D eigenvalue weighted by Gasteiger charge is -2.09. The van der Waals surface area contributed by atoms with Gasteiger partial charge in [0.1, 0.15) is 28.8 Å². The lowest BCUT2D eigenvalue weighted by molar-refractivity contribution is 0.102. The molecule has 1 aromatic heterocycles. The molecule has 3 aromatic rings. The Morgan fingerprint density at radius 1 is 0.962 bits per heavy atom. The molecule has 2 aromatic carbocycles. The van der Waals surface area contributed by atoms with Crippen molar-refractivity contribution in [2.24, 2.45) is 0 Å². The van der Waals surface area contributed by atoms with Crippen molar-refractivity contribution in [3.8, 4) is 0 Å². The molecule has 0 radical (unpaired) electrons. The Kier molecular flexibility index (Phi) is 4.88. The molecule has 5 nitrogen and oxygen atoms in total. The van der Waals surface area contributed by atoms with Crippen LogP contribution in [0.1, 0.15) is 21.6 Å². The molecule has 0 spiro atoms. The molecule has 7 heteroatoms. The van der Waals surface area contributed by atoms with Gasteiger partial charge in [0.05, 0.1) is 12.4 Å². The monoisotopic (exact) mass is 354 g/mol. The second-order valence-electron chi connectivity index (χ2n) is 5.76. The molecular weight excluding hydrogens is 338 g/mol. The van der Waals surface area contributed by atoms with Crippen LogP contribution in [0, 0.1) is 25.5 Å². The van der Waals surface area contributed by atoms with E-state index in [0.717, 1.165) is 23.4 Å². The maximum atomic E-state index is 13.6. The molecule has 0 atom stereocenters. The number of aryl methyl sites for hydroxylation is 2. The second kappa shape index (κ2) is 7.26. The number of nitrogens with zero attached hydrogens (tertiary/aromatic N) is 2. The van der Waals surface area contributed by atoms with Crippen LogP contribution in [-0.4, -0.2) is 15.9 Å². The predicted octanol–water partition coefficient (Wildman–Crippen LogP) is 4.37. The molecule has 0 saturated carbocycles. The molecule has 0 aliphatic carbocycles. The van der Waals surface area contributed by atoms with E-state index in [1.54, 1.807) is 0 Å². The van der Waals surface area contributed by atoms with Gasteiger partial charge in [0.15, 0.2) is 0 Å². The van der Waals surface area contributed by atoms with Gasteiger partial charge in [0.25, 0.3) is 5.91 Å². The molecule has 0 unspecified atom stereocenters. The van der Waals surface area contributed by atoms with Crippen molar-refractivity contribution < 1.29 is 13.6 Å². The number of halogens is 2. The SMILES string of the molecule is Cc1ccc(Nc2cnc(C(=O)Nc3c(F)cccc3F)cn2)cc1C. The van der Waals surface area contributed by atoms with E-state index >= 15 is 0 Å². The van der Waals surface area contributed by atoms with Crippen LogP contribution in [0.15, 0.2) is 48.8 Å². The number of rotatable bonds is 4. The summed E-state index contributed by atoms with van der Waals surface area (Å²) in [5.74, 6) is -2.03. The highest BCUT2D eigenvalue weighted by Crippen LogP contribution is 2.20. The summed E-state index contributed by atoms with van der Waals surface area (Å²) >= 11 is 0. The number of aromatic nitrogens is 2. The Morgan fingerprint density at radius 3 is 2.31 bits per heavy atom. The van der Waals surface area contributed by atoms with Crippen LogP contribution in [0.4, 0.5) is 26.0 Å². The first-order valence-corrected chi connectivity index (χ1v) is 7.86. The van der Waals surface area contributed by atoms with Crippen molar-refractivity contribution >= 4 is 23.1 Å². The summed E-state index contributed by atoms with van der Waals surface area (Å²) in [5, 5.41) is 5.25. The predicted molar refractivity (Wildman–Crippen MR) is 95.5 cm³/mol. The van der Waals surface area contributed by atoms with Crippen molar-refractivity contribution in [3.63, 3.8) is 0 Å². The first-order valence-electron chi connectivity index (χ1n) is 7.86. The summed E-state index contributed by atoms with van der Waals surface area (Å²) in [5.41, 5.74) is 2.57. The zero-order chi connectivity index (χ0) is 18.7. The number of para-hydroxylation sites is 1. The fourth-order valence-corrected chi connectivity index (χ4v) is 2.27. The molecule has 0 fully saturated rings. The standard InChI is InChI=1S/C19H16F2N4O/c1-11-6-7-13(8-12(11)2)24-17-10-22-16(9-23-17)19(26)25-18-14(20)4-3-5-15(18)21/h3-10H,1-2H3,(H,23,24)(H,25,26). The van der Waals surface area contributed by atoms with E-state index in [9.17, 15) is 13.6 Å². The van der Waals surface area contributed by atoms with Crippen LogP contribution in [0.2, 0.25) is 0 Å². The van der Waals surface area contributed by atoms with E-state index < -0.39 is 23.2 Å². The molecule has 0 aliphatic rings. The van der Waals surface area contributed by atoms with E-state index in [2.05, 4.69) is 20.6 Å². The average Bonchev–Trinajstić information content (AvgIpc) is 2.62. The van der Waals surface area contributed by atoms with E-state index in [0.29, 0.717) is 5.82 Å². The van der Waals surface area contributed by atoms with E-state index in [1.165, 1.54) is 24.0 Å². The molecule has 0 bridgehead atoms. The number of hydrogen-bond donors (Lipinski definition) is 2. The Morgan fingerprint density at radius 2 is 1.69 bits per heavy atom. The van der Waals surface area contributed by atoms with Crippen molar-refractivity contribution in [3.05, 3.63) is 77.2 Å². The summed E-state index contributed by atoms with van der Waals surface area (Å²) in [6.45, 7) is 4.02. The highest BCUT2D eigenvalue weighted by molar-refractivity contribution is 6.02. The Hall–Kier alpha value is -3.35. The quantitative estimate of drug-likeness (QED) is 0.730. The summed E-state index contributed by atoms with van der Waals surface area (Å²) in [6, 6.07) is 9.19. The van der Waals surface area contributed by atoms with Crippen molar-refractivity contribution in [1.29, 1.82) is 0 Å². The first-order chi connectivity index (χ1) is 12.4. The number of benzene rings is 2. The fraction of sp³-hybridized carbons (Fsp3) is 0.105. The van der Waals surface area contributed by atoms with Gasteiger partial charge in [-0.05, 0) is 49.2 Å². The number of hydrogen-bond acceptors (Lipinski definition) is 4. The number of anilines is 3. The minimum absolute atomic E-state index is 0.0571. The third kappa shape index (κ3) is 3.83. The summed E-state index contributed by atoms with van der Waals surface area (Å²) in [4.78, 5) is 20.2. The Labute approximate surface area is 149 Å². The van der Waals surface area contributed by atoms with Gasteiger partial charge >= 0.3 is 0 Å². The fourth-order valence-electron chi connectivity index (χ4n) is 2.27. The highest BCUT2D eigenvalue weighted by Gasteiger charge is 2.14. The van der Waals surface area contributed by atoms with Gasteiger partial charge in [-0.1, -0.05) is 12.1 Å². The van der Waals surface area contributed by atoms with Gasteiger partial charge in [-0.2, -0.15) is 0 Å². The average molecular weight is 354 g/mol. The summed E-state index contributed by atoms with van der Waals surface area (Å²) in [7, 11) is 0. The Balaban J connectivity index is 1.72. The lowest BCUT2D eigenvalue weighted by Crippen LogP contribution is -2.16. The van der Waals surface area contributed by atoms with Crippen molar-refractivity contribution in [2.75, 3.05) is 10.6 Å². The third-order valence-corrected chi connectivity index (χ3v) is 3.87. The second-order valence-corrected chi connectivity index (χ2v) is 5.76.